The fraction of sp³-hybridized carbons (Fsp3) is 0.188. The number of rotatable bonds is 13. The monoisotopic (exact) mass is 681 g/mol. The van der Waals surface area contributed by atoms with Crippen LogP contribution in [0.25, 0.3) is 0 Å². The number of ether oxygens (including phenoxy) is 4. The number of carbonyl (C=O) groups is 1. The van der Waals surface area contributed by atoms with Crippen molar-refractivity contribution in [3.8, 4) is 23.0 Å². The van der Waals surface area contributed by atoms with Crippen LogP contribution >= 0.6 is 15.9 Å². The topological polar surface area (TPSA) is 116 Å². The van der Waals surface area contributed by atoms with Crippen molar-refractivity contribution in [1.82, 2.24) is 5.43 Å². The summed E-state index contributed by atoms with van der Waals surface area (Å²) in [6.45, 7) is 1.61. The van der Waals surface area contributed by atoms with Crippen molar-refractivity contribution >= 4 is 43.8 Å². The second-order valence-corrected chi connectivity index (χ2v) is 12.2. The largest absolute Gasteiger partial charge is 0.497 e. The van der Waals surface area contributed by atoms with Gasteiger partial charge in [0.15, 0.2) is 11.5 Å². The van der Waals surface area contributed by atoms with Crippen molar-refractivity contribution in [2.75, 3.05) is 32.2 Å². The van der Waals surface area contributed by atoms with Crippen LogP contribution in [0, 0.1) is 6.92 Å². The van der Waals surface area contributed by atoms with Gasteiger partial charge in [-0.25, -0.2) is 13.8 Å². The second kappa shape index (κ2) is 14.8. The van der Waals surface area contributed by atoms with E-state index in [0.717, 1.165) is 15.4 Å². The van der Waals surface area contributed by atoms with Crippen molar-refractivity contribution in [3.05, 3.63) is 106 Å². The van der Waals surface area contributed by atoms with E-state index in [1.165, 1.54) is 45.7 Å². The summed E-state index contributed by atoms with van der Waals surface area (Å²) in [6, 6.07) is 24.2. The maximum Gasteiger partial charge on any atom is 0.264 e. The number of aryl methyl sites for hydroxylation is 1. The van der Waals surface area contributed by atoms with Gasteiger partial charge in [-0.15, -0.1) is 0 Å². The fourth-order valence-electron chi connectivity index (χ4n) is 4.16. The molecular weight excluding hydrogens is 650 g/mol. The molecule has 0 saturated carbocycles. The molecule has 44 heavy (non-hydrogen) atoms. The number of halogens is 1. The molecule has 0 radical (unpaired) electrons. The third-order valence-electron chi connectivity index (χ3n) is 6.43. The Morgan fingerprint density at radius 1 is 0.909 bits per heavy atom. The van der Waals surface area contributed by atoms with Crippen LogP contribution in [0.5, 0.6) is 23.0 Å². The summed E-state index contributed by atoms with van der Waals surface area (Å²) >= 11 is 3.52. The predicted octanol–water partition coefficient (Wildman–Crippen LogP) is 5.71. The Labute approximate surface area is 265 Å². The molecule has 0 aliphatic rings. The second-order valence-electron chi connectivity index (χ2n) is 9.46. The molecule has 1 N–H and O–H groups in total. The van der Waals surface area contributed by atoms with Gasteiger partial charge in [0.2, 0.25) is 0 Å². The molecule has 12 heteroatoms. The van der Waals surface area contributed by atoms with Gasteiger partial charge in [0.25, 0.3) is 15.9 Å². The molecule has 0 saturated heterocycles. The molecular formula is C32H32BrN3O7S. The van der Waals surface area contributed by atoms with E-state index >= 15 is 0 Å². The molecule has 0 atom stereocenters. The number of nitrogens with zero attached hydrogens (tertiary/aromatic N) is 2. The van der Waals surface area contributed by atoms with E-state index in [2.05, 4.69) is 26.5 Å². The molecule has 0 spiro atoms. The Balaban J connectivity index is 1.55. The minimum Gasteiger partial charge on any atom is -0.497 e. The zero-order valence-corrected chi connectivity index (χ0v) is 27.0. The van der Waals surface area contributed by atoms with E-state index in [-0.39, 0.29) is 16.3 Å². The summed E-state index contributed by atoms with van der Waals surface area (Å²) in [7, 11) is 0.199. The molecule has 4 aromatic carbocycles. The van der Waals surface area contributed by atoms with Gasteiger partial charge >= 0.3 is 0 Å². The Bertz CT molecular complexity index is 1730. The van der Waals surface area contributed by atoms with E-state index in [1.54, 1.807) is 36.4 Å². The highest BCUT2D eigenvalue weighted by Crippen LogP contribution is 2.37. The van der Waals surface area contributed by atoms with E-state index < -0.39 is 22.5 Å². The molecule has 0 aliphatic carbocycles. The lowest BCUT2D eigenvalue weighted by Crippen LogP contribution is -2.39. The van der Waals surface area contributed by atoms with Gasteiger partial charge in [-0.1, -0.05) is 48.0 Å². The lowest BCUT2D eigenvalue weighted by Gasteiger charge is -2.25. The Hall–Kier alpha value is -4.55. The van der Waals surface area contributed by atoms with Crippen molar-refractivity contribution in [1.29, 1.82) is 0 Å². The summed E-state index contributed by atoms with van der Waals surface area (Å²) in [4.78, 5) is 13.1. The fourth-order valence-corrected chi connectivity index (χ4v) is 6.16. The summed E-state index contributed by atoms with van der Waals surface area (Å²) < 4.78 is 51.4. The Kier molecular flexibility index (Phi) is 10.9. The number of hydrogen-bond acceptors (Lipinski definition) is 8. The molecule has 0 fully saturated rings. The van der Waals surface area contributed by atoms with Crippen LogP contribution in [-0.2, 0) is 21.4 Å². The first-order valence-electron chi connectivity index (χ1n) is 13.3. The van der Waals surface area contributed by atoms with Gasteiger partial charge in [-0.2, -0.15) is 5.10 Å². The standard InChI is InChI=1S/C32H32BrN3O7S/c1-22-10-13-26(14-11-22)44(38,39)36(28-18-25(40-2)12-15-29(28)41-3)20-31(37)35-34-19-24-16-27(33)32(30(17-24)42-4)43-21-23-8-6-5-7-9-23/h5-19H,20-21H2,1-4H3,(H,35,37)/b34-19-. The number of nitrogens with one attached hydrogen (secondary N) is 1. The molecule has 4 rings (SSSR count). The molecule has 0 unspecified atom stereocenters. The Morgan fingerprint density at radius 3 is 2.27 bits per heavy atom. The van der Waals surface area contributed by atoms with Crippen molar-refractivity contribution < 1.29 is 32.2 Å². The molecule has 10 nitrogen and oxygen atoms in total. The van der Waals surface area contributed by atoms with Crippen LogP contribution in [0.2, 0.25) is 0 Å². The number of carbonyl (C=O) groups excluding carboxylic acids is 1. The minimum absolute atomic E-state index is 0.00999. The van der Waals surface area contributed by atoms with E-state index in [1.807, 2.05) is 37.3 Å². The zero-order valence-electron chi connectivity index (χ0n) is 24.6. The van der Waals surface area contributed by atoms with Gasteiger partial charge in [0.1, 0.15) is 24.7 Å². The van der Waals surface area contributed by atoms with E-state index in [4.69, 9.17) is 18.9 Å². The first-order chi connectivity index (χ1) is 21.2. The summed E-state index contributed by atoms with van der Waals surface area (Å²) in [5, 5.41) is 4.05. The summed E-state index contributed by atoms with van der Waals surface area (Å²) in [5.41, 5.74) is 5.03. The van der Waals surface area contributed by atoms with Crippen LogP contribution in [0.3, 0.4) is 0 Å². The highest BCUT2D eigenvalue weighted by Gasteiger charge is 2.30. The number of hydrazone groups is 1. The zero-order chi connectivity index (χ0) is 31.7. The lowest BCUT2D eigenvalue weighted by molar-refractivity contribution is -0.119. The number of sulfonamides is 1. The van der Waals surface area contributed by atoms with Crippen LogP contribution in [0.15, 0.2) is 99.4 Å². The first-order valence-corrected chi connectivity index (χ1v) is 15.6. The van der Waals surface area contributed by atoms with Gasteiger partial charge < -0.3 is 18.9 Å². The number of anilines is 1. The molecule has 230 valence electrons. The maximum absolute atomic E-state index is 13.8. The first kappa shape index (κ1) is 32.4. The highest BCUT2D eigenvalue weighted by atomic mass is 79.9. The number of amides is 1. The number of hydrogen-bond donors (Lipinski definition) is 1. The molecule has 0 aromatic heterocycles. The minimum atomic E-state index is -4.20. The third-order valence-corrected chi connectivity index (χ3v) is 8.79. The Morgan fingerprint density at radius 2 is 1.61 bits per heavy atom. The van der Waals surface area contributed by atoms with Gasteiger partial charge in [0.05, 0.1) is 42.6 Å². The van der Waals surface area contributed by atoms with Crippen LogP contribution in [0.4, 0.5) is 5.69 Å². The van der Waals surface area contributed by atoms with Crippen molar-refractivity contribution in [3.63, 3.8) is 0 Å². The molecule has 0 heterocycles. The third kappa shape index (κ3) is 7.88. The lowest BCUT2D eigenvalue weighted by atomic mass is 10.2. The molecule has 0 bridgehead atoms. The van der Waals surface area contributed by atoms with Crippen LogP contribution < -0.4 is 28.7 Å². The van der Waals surface area contributed by atoms with Gasteiger partial charge in [-0.05, 0) is 70.4 Å². The predicted molar refractivity (Wildman–Crippen MR) is 172 cm³/mol. The van der Waals surface area contributed by atoms with E-state index in [0.29, 0.717) is 33.9 Å². The number of benzene rings is 4. The van der Waals surface area contributed by atoms with E-state index in [9.17, 15) is 13.2 Å². The quantitative estimate of drug-likeness (QED) is 0.142. The van der Waals surface area contributed by atoms with Gasteiger partial charge in [0, 0.05) is 6.07 Å². The number of methoxy groups -OCH3 is 3. The van der Waals surface area contributed by atoms with Crippen LogP contribution in [-0.4, -0.2) is 48.4 Å². The summed E-state index contributed by atoms with van der Waals surface area (Å²) in [6.07, 6.45) is 1.41. The molecule has 0 aliphatic heterocycles. The van der Waals surface area contributed by atoms with Crippen LogP contribution in [0.1, 0.15) is 16.7 Å². The normalized spacial score (nSPS) is 11.2. The van der Waals surface area contributed by atoms with Crippen molar-refractivity contribution in [2.24, 2.45) is 5.10 Å². The maximum atomic E-state index is 13.8. The smallest absolute Gasteiger partial charge is 0.264 e. The molecule has 4 aromatic rings. The average Bonchev–Trinajstić information content (AvgIpc) is 3.03. The van der Waals surface area contributed by atoms with Gasteiger partial charge in [-0.3, -0.25) is 9.10 Å². The summed E-state index contributed by atoms with van der Waals surface area (Å²) in [5.74, 6) is 0.921. The van der Waals surface area contributed by atoms with Crippen molar-refractivity contribution in [2.45, 2.75) is 18.4 Å². The average molecular weight is 683 g/mol. The highest BCUT2D eigenvalue weighted by molar-refractivity contribution is 9.10. The SMILES string of the molecule is COc1ccc(OC)c(N(CC(=O)N/N=C\c2cc(Br)c(OCc3ccccc3)c(OC)c2)S(=O)(=O)c2ccc(C)cc2)c1. The molecule has 1 amide bonds.